The van der Waals surface area contributed by atoms with E-state index in [-0.39, 0.29) is 10.6 Å². The lowest BCUT2D eigenvalue weighted by Gasteiger charge is -2.26. The van der Waals surface area contributed by atoms with Gasteiger partial charge < -0.3 is 9.97 Å². The highest BCUT2D eigenvalue weighted by molar-refractivity contribution is 7.89. The fraction of sp³-hybridized carbons (Fsp3) is 0.211. The first-order valence-electron chi connectivity index (χ1n) is 8.42. The minimum absolute atomic E-state index is 0.233. The SMILES string of the molecule is Cc1cc2[nH]c(=O)[nH]c2cc1S(=O)(=O)N1CC=C(c2ccccc2)CC1. The van der Waals surface area contributed by atoms with Gasteiger partial charge in [-0.1, -0.05) is 36.4 Å². The second-order valence-corrected chi connectivity index (χ2v) is 8.36. The molecule has 0 aliphatic carbocycles. The molecule has 2 aromatic carbocycles. The summed E-state index contributed by atoms with van der Waals surface area (Å²) in [6.07, 6.45) is 2.65. The average molecular weight is 369 g/mol. The van der Waals surface area contributed by atoms with E-state index in [0.29, 0.717) is 36.1 Å². The number of fused-ring (bicyclic) bond motifs is 1. The topological polar surface area (TPSA) is 86.0 Å². The Hall–Kier alpha value is -2.64. The lowest BCUT2D eigenvalue weighted by atomic mass is 10.0. The van der Waals surface area contributed by atoms with E-state index >= 15 is 0 Å². The summed E-state index contributed by atoms with van der Waals surface area (Å²) in [5.41, 5.74) is 3.67. The molecular weight excluding hydrogens is 350 g/mol. The summed E-state index contributed by atoms with van der Waals surface area (Å²) in [4.78, 5) is 17.0. The monoisotopic (exact) mass is 369 g/mol. The Labute approximate surface area is 151 Å². The number of sulfonamides is 1. The maximum atomic E-state index is 13.1. The van der Waals surface area contributed by atoms with E-state index in [4.69, 9.17) is 0 Å². The molecule has 1 aromatic heterocycles. The van der Waals surface area contributed by atoms with Crippen molar-refractivity contribution in [2.24, 2.45) is 0 Å². The van der Waals surface area contributed by atoms with Gasteiger partial charge in [0.05, 0.1) is 15.9 Å². The molecule has 1 aliphatic rings. The van der Waals surface area contributed by atoms with Gasteiger partial charge in [-0.25, -0.2) is 13.2 Å². The molecule has 0 saturated carbocycles. The predicted molar refractivity (Wildman–Crippen MR) is 101 cm³/mol. The van der Waals surface area contributed by atoms with Crippen LogP contribution in [0, 0.1) is 6.92 Å². The van der Waals surface area contributed by atoms with Gasteiger partial charge in [-0.15, -0.1) is 0 Å². The first kappa shape index (κ1) is 16.8. The number of hydrogen-bond donors (Lipinski definition) is 2. The zero-order chi connectivity index (χ0) is 18.3. The van der Waals surface area contributed by atoms with Crippen LogP contribution in [0.2, 0.25) is 0 Å². The second kappa shape index (κ2) is 6.26. The van der Waals surface area contributed by atoms with Crippen LogP contribution in [0.25, 0.3) is 16.6 Å². The van der Waals surface area contributed by atoms with Crippen molar-refractivity contribution in [2.45, 2.75) is 18.2 Å². The number of imidazole rings is 1. The number of aromatic amines is 2. The predicted octanol–water partition coefficient (Wildman–Crippen LogP) is 2.64. The molecule has 134 valence electrons. The summed E-state index contributed by atoms with van der Waals surface area (Å²) in [5.74, 6) is 0. The molecule has 7 heteroatoms. The molecule has 0 radical (unpaired) electrons. The van der Waals surface area contributed by atoms with E-state index in [0.717, 1.165) is 5.56 Å². The van der Waals surface area contributed by atoms with Crippen LogP contribution in [0.1, 0.15) is 17.5 Å². The first-order chi connectivity index (χ1) is 12.4. The smallest absolute Gasteiger partial charge is 0.306 e. The molecule has 2 N–H and O–H groups in total. The van der Waals surface area contributed by atoms with Crippen LogP contribution < -0.4 is 5.69 Å². The summed E-state index contributed by atoms with van der Waals surface area (Å²) < 4.78 is 27.7. The van der Waals surface area contributed by atoms with E-state index in [1.807, 2.05) is 36.4 Å². The summed E-state index contributed by atoms with van der Waals surface area (Å²) in [5, 5.41) is 0. The molecule has 26 heavy (non-hydrogen) atoms. The van der Waals surface area contributed by atoms with Gasteiger partial charge in [0.25, 0.3) is 0 Å². The first-order valence-corrected chi connectivity index (χ1v) is 9.86. The third-order valence-electron chi connectivity index (χ3n) is 4.75. The van der Waals surface area contributed by atoms with Crippen molar-refractivity contribution in [1.82, 2.24) is 14.3 Å². The van der Waals surface area contributed by atoms with Crippen molar-refractivity contribution in [3.05, 3.63) is 70.2 Å². The normalized spacial score (nSPS) is 16.0. The molecule has 0 bridgehead atoms. The lowest BCUT2D eigenvalue weighted by Crippen LogP contribution is -2.35. The Kier molecular flexibility index (Phi) is 4.05. The Morgan fingerprint density at radius 3 is 2.38 bits per heavy atom. The molecule has 6 nitrogen and oxygen atoms in total. The third kappa shape index (κ3) is 2.89. The van der Waals surface area contributed by atoms with Crippen molar-refractivity contribution >= 4 is 26.6 Å². The number of nitrogens with one attached hydrogen (secondary N) is 2. The van der Waals surface area contributed by atoms with E-state index in [9.17, 15) is 13.2 Å². The van der Waals surface area contributed by atoms with Gasteiger partial charge >= 0.3 is 5.69 Å². The van der Waals surface area contributed by atoms with Gasteiger partial charge in [-0.3, -0.25) is 0 Å². The van der Waals surface area contributed by atoms with E-state index in [1.54, 1.807) is 13.0 Å². The average Bonchev–Trinajstić information content (AvgIpc) is 3.00. The quantitative estimate of drug-likeness (QED) is 0.744. The van der Waals surface area contributed by atoms with Crippen molar-refractivity contribution in [1.29, 1.82) is 0 Å². The van der Waals surface area contributed by atoms with Gasteiger partial charge in [0.2, 0.25) is 10.0 Å². The summed E-state index contributed by atoms with van der Waals surface area (Å²) in [6.45, 7) is 2.52. The Morgan fingerprint density at radius 1 is 1.04 bits per heavy atom. The number of aryl methyl sites for hydroxylation is 1. The molecule has 2 heterocycles. The molecule has 0 atom stereocenters. The molecule has 0 fully saturated rings. The minimum atomic E-state index is -3.63. The second-order valence-electron chi connectivity index (χ2n) is 6.45. The zero-order valence-corrected chi connectivity index (χ0v) is 15.1. The van der Waals surface area contributed by atoms with E-state index < -0.39 is 10.0 Å². The van der Waals surface area contributed by atoms with Gasteiger partial charge in [0, 0.05) is 13.1 Å². The van der Waals surface area contributed by atoms with E-state index in [2.05, 4.69) is 9.97 Å². The maximum absolute atomic E-state index is 13.1. The number of rotatable bonds is 3. The molecule has 4 rings (SSSR count). The van der Waals surface area contributed by atoms with Crippen LogP contribution in [0.15, 0.2) is 58.2 Å². The Morgan fingerprint density at radius 2 is 1.73 bits per heavy atom. The van der Waals surface area contributed by atoms with E-state index in [1.165, 1.54) is 15.9 Å². The van der Waals surface area contributed by atoms with Gasteiger partial charge in [-0.2, -0.15) is 4.31 Å². The fourth-order valence-electron chi connectivity index (χ4n) is 3.37. The number of hydrogen-bond acceptors (Lipinski definition) is 3. The van der Waals surface area contributed by atoms with Crippen LogP contribution >= 0.6 is 0 Å². The lowest BCUT2D eigenvalue weighted by molar-refractivity contribution is 0.441. The standard InChI is InChI=1S/C19H19N3O3S/c1-13-11-16-17(21-19(23)20-16)12-18(13)26(24,25)22-9-7-15(8-10-22)14-5-3-2-4-6-14/h2-7,11-12H,8-10H2,1H3,(H2,20,21,23). The number of H-pyrrole nitrogens is 2. The molecule has 1 aliphatic heterocycles. The van der Waals surface area contributed by atoms with Crippen LogP contribution in [0.4, 0.5) is 0 Å². The molecule has 0 spiro atoms. The highest BCUT2D eigenvalue weighted by Crippen LogP contribution is 2.28. The highest BCUT2D eigenvalue weighted by atomic mass is 32.2. The van der Waals surface area contributed by atoms with Crippen molar-refractivity contribution in [2.75, 3.05) is 13.1 Å². The molecular formula is C19H19N3O3S. The largest absolute Gasteiger partial charge is 0.323 e. The van der Waals surface area contributed by atoms with Crippen LogP contribution in [0.3, 0.4) is 0 Å². The number of aromatic nitrogens is 2. The van der Waals surface area contributed by atoms with Crippen molar-refractivity contribution in [3.63, 3.8) is 0 Å². The van der Waals surface area contributed by atoms with Crippen LogP contribution in [0.5, 0.6) is 0 Å². The molecule has 0 amide bonds. The Bertz CT molecular complexity index is 1160. The fourth-order valence-corrected chi connectivity index (χ4v) is 4.98. The number of nitrogens with zero attached hydrogens (tertiary/aromatic N) is 1. The summed E-state index contributed by atoms with van der Waals surface area (Å²) in [7, 11) is -3.63. The van der Waals surface area contributed by atoms with Crippen LogP contribution in [-0.2, 0) is 10.0 Å². The Balaban J connectivity index is 1.67. The van der Waals surface area contributed by atoms with Crippen molar-refractivity contribution in [3.8, 4) is 0 Å². The third-order valence-corrected chi connectivity index (χ3v) is 6.75. The zero-order valence-electron chi connectivity index (χ0n) is 14.3. The molecule has 0 saturated heterocycles. The van der Waals surface area contributed by atoms with Gasteiger partial charge in [-0.05, 0) is 42.2 Å². The number of benzene rings is 2. The summed E-state index contributed by atoms with van der Waals surface area (Å²) in [6, 6.07) is 13.2. The highest BCUT2D eigenvalue weighted by Gasteiger charge is 2.28. The summed E-state index contributed by atoms with van der Waals surface area (Å²) >= 11 is 0. The van der Waals surface area contributed by atoms with Crippen LogP contribution in [-0.4, -0.2) is 35.8 Å². The molecule has 0 unspecified atom stereocenters. The minimum Gasteiger partial charge on any atom is -0.306 e. The molecule has 3 aromatic rings. The van der Waals surface area contributed by atoms with Crippen molar-refractivity contribution < 1.29 is 8.42 Å². The van der Waals surface area contributed by atoms with Gasteiger partial charge in [0.15, 0.2) is 0 Å². The van der Waals surface area contributed by atoms with Gasteiger partial charge in [0.1, 0.15) is 0 Å². The maximum Gasteiger partial charge on any atom is 0.323 e.